The van der Waals surface area contributed by atoms with Gasteiger partial charge in [-0.05, 0) is 11.4 Å². The largest absolute Gasteiger partial charge is 0.329 e. The van der Waals surface area contributed by atoms with Gasteiger partial charge in [0.05, 0.1) is 12.9 Å². The van der Waals surface area contributed by atoms with Gasteiger partial charge in [0.25, 0.3) is 0 Å². The summed E-state index contributed by atoms with van der Waals surface area (Å²) in [7, 11) is 0. The Morgan fingerprint density at radius 1 is 1.53 bits per heavy atom. The van der Waals surface area contributed by atoms with E-state index in [9.17, 15) is 0 Å². The lowest BCUT2D eigenvalue weighted by Crippen LogP contribution is -2.40. The van der Waals surface area contributed by atoms with Crippen molar-refractivity contribution in [2.24, 2.45) is 0 Å². The van der Waals surface area contributed by atoms with Crippen molar-refractivity contribution >= 4 is 11.3 Å². The molecule has 0 atom stereocenters. The molecule has 3 heterocycles. The molecule has 78 valence electrons. The van der Waals surface area contributed by atoms with Crippen LogP contribution in [0.5, 0.6) is 0 Å². The molecular weight excluding hydrogens is 206 g/mol. The Morgan fingerprint density at radius 2 is 2.47 bits per heavy atom. The summed E-state index contributed by atoms with van der Waals surface area (Å²) in [6.07, 6.45) is 3.94. The maximum Gasteiger partial charge on any atom is 0.0951 e. The van der Waals surface area contributed by atoms with E-state index in [1.54, 1.807) is 11.3 Å². The van der Waals surface area contributed by atoms with E-state index >= 15 is 0 Å². The van der Waals surface area contributed by atoms with Crippen LogP contribution in [0, 0.1) is 0 Å². The van der Waals surface area contributed by atoms with E-state index in [4.69, 9.17) is 0 Å². The van der Waals surface area contributed by atoms with E-state index < -0.39 is 0 Å². The Balaban J connectivity index is 1.82. The number of hydrogen-bond acceptors (Lipinski definition) is 3. The summed E-state index contributed by atoms with van der Waals surface area (Å²) in [5, 5.41) is 5.42. The average molecular weight is 219 g/mol. The minimum atomic E-state index is 0.660. The highest BCUT2D eigenvalue weighted by atomic mass is 32.1. The molecule has 3 rings (SSSR count). The molecule has 0 aromatic carbocycles. The first-order valence-corrected chi connectivity index (χ1v) is 6.04. The number of rotatable bonds is 3. The highest BCUT2D eigenvalue weighted by molar-refractivity contribution is 7.09. The van der Waals surface area contributed by atoms with Gasteiger partial charge < -0.3 is 9.88 Å². The van der Waals surface area contributed by atoms with Crippen LogP contribution in [0.3, 0.4) is 0 Å². The van der Waals surface area contributed by atoms with E-state index in [1.165, 1.54) is 10.6 Å². The molecule has 3 nitrogen and oxygen atoms in total. The highest BCUT2D eigenvalue weighted by Gasteiger charge is 2.22. The molecule has 0 radical (unpaired) electrons. The second kappa shape index (κ2) is 3.79. The molecule has 15 heavy (non-hydrogen) atoms. The molecule has 2 aromatic heterocycles. The van der Waals surface area contributed by atoms with Crippen LogP contribution < -0.4 is 5.32 Å². The van der Waals surface area contributed by atoms with Crippen LogP contribution in [-0.2, 0) is 6.54 Å². The van der Waals surface area contributed by atoms with Crippen molar-refractivity contribution in [3.05, 3.63) is 40.6 Å². The molecule has 0 bridgehead atoms. The van der Waals surface area contributed by atoms with Gasteiger partial charge >= 0.3 is 0 Å². The third-order valence-corrected chi connectivity index (χ3v) is 3.71. The van der Waals surface area contributed by atoms with E-state index in [1.807, 2.05) is 12.5 Å². The number of nitrogens with zero attached hydrogens (tertiary/aromatic N) is 2. The van der Waals surface area contributed by atoms with Gasteiger partial charge in [-0.2, -0.15) is 0 Å². The van der Waals surface area contributed by atoms with Gasteiger partial charge in [0.15, 0.2) is 0 Å². The van der Waals surface area contributed by atoms with Crippen LogP contribution in [0.15, 0.2) is 30.0 Å². The Bertz CT molecular complexity index is 428. The zero-order valence-corrected chi connectivity index (χ0v) is 9.20. The lowest BCUT2D eigenvalue weighted by molar-refractivity contribution is 0.427. The molecule has 4 heteroatoms. The fourth-order valence-electron chi connectivity index (χ4n) is 1.87. The van der Waals surface area contributed by atoms with Crippen molar-refractivity contribution in [3.8, 4) is 0 Å². The molecular formula is C11H13N3S. The summed E-state index contributed by atoms with van der Waals surface area (Å²) in [4.78, 5) is 5.64. The van der Waals surface area contributed by atoms with E-state index in [-0.39, 0.29) is 0 Å². The van der Waals surface area contributed by atoms with Gasteiger partial charge in [-0.15, -0.1) is 11.3 Å². The zero-order chi connectivity index (χ0) is 10.1. The van der Waals surface area contributed by atoms with Crippen LogP contribution in [0.2, 0.25) is 0 Å². The molecule has 0 amide bonds. The summed E-state index contributed by atoms with van der Waals surface area (Å²) >= 11 is 1.80. The molecule has 0 aliphatic carbocycles. The van der Waals surface area contributed by atoms with Crippen molar-refractivity contribution in [1.82, 2.24) is 14.9 Å². The van der Waals surface area contributed by atoms with Crippen molar-refractivity contribution in [2.45, 2.75) is 12.5 Å². The molecule has 2 aromatic rings. The zero-order valence-electron chi connectivity index (χ0n) is 8.39. The fraction of sp³-hybridized carbons (Fsp3) is 0.364. The Morgan fingerprint density at radius 3 is 3.13 bits per heavy atom. The molecule has 0 saturated carbocycles. The minimum absolute atomic E-state index is 0.660. The van der Waals surface area contributed by atoms with Gasteiger partial charge in [-0.1, -0.05) is 6.07 Å². The van der Waals surface area contributed by atoms with Crippen molar-refractivity contribution in [2.75, 3.05) is 13.1 Å². The molecule has 1 saturated heterocycles. The van der Waals surface area contributed by atoms with Crippen molar-refractivity contribution < 1.29 is 0 Å². The maximum absolute atomic E-state index is 4.25. The van der Waals surface area contributed by atoms with E-state index in [0.717, 1.165) is 19.6 Å². The number of aromatic nitrogens is 2. The summed E-state index contributed by atoms with van der Waals surface area (Å²) in [6, 6.07) is 4.27. The summed E-state index contributed by atoms with van der Waals surface area (Å²) in [5.41, 5.74) is 1.36. The van der Waals surface area contributed by atoms with Gasteiger partial charge in [-0.3, -0.25) is 0 Å². The normalized spacial score (nSPS) is 16.5. The second-order valence-electron chi connectivity index (χ2n) is 3.88. The fourth-order valence-corrected chi connectivity index (χ4v) is 2.57. The first-order valence-electron chi connectivity index (χ1n) is 5.16. The van der Waals surface area contributed by atoms with E-state index in [0.29, 0.717) is 5.92 Å². The summed E-state index contributed by atoms with van der Waals surface area (Å²) in [5.74, 6) is 0.660. The third-order valence-electron chi connectivity index (χ3n) is 2.85. The van der Waals surface area contributed by atoms with Crippen LogP contribution >= 0.6 is 11.3 Å². The molecule has 1 fully saturated rings. The monoisotopic (exact) mass is 219 g/mol. The average Bonchev–Trinajstić information content (AvgIpc) is 2.76. The first kappa shape index (κ1) is 9.12. The second-order valence-corrected chi connectivity index (χ2v) is 4.91. The van der Waals surface area contributed by atoms with Gasteiger partial charge in [0.1, 0.15) is 0 Å². The van der Waals surface area contributed by atoms with Gasteiger partial charge in [-0.25, -0.2) is 4.98 Å². The third kappa shape index (κ3) is 1.70. The number of imidazole rings is 1. The molecule has 1 N–H and O–H groups in total. The van der Waals surface area contributed by atoms with Crippen LogP contribution in [0.1, 0.15) is 16.5 Å². The topological polar surface area (TPSA) is 29.9 Å². The molecule has 0 spiro atoms. The molecule has 1 aliphatic rings. The SMILES string of the molecule is c1csc(Cn2cncc2C2CNC2)c1. The Labute approximate surface area is 92.8 Å². The Kier molecular flexibility index (Phi) is 2.31. The molecule has 1 aliphatic heterocycles. The van der Waals surface area contributed by atoms with Gasteiger partial charge in [0, 0.05) is 35.8 Å². The first-order chi connectivity index (χ1) is 7.43. The predicted molar refractivity (Wildman–Crippen MR) is 61.3 cm³/mol. The number of hydrogen-bond donors (Lipinski definition) is 1. The standard InChI is InChI=1S/C11H13N3S/c1-2-10(15-3-1)7-14-8-13-6-11(14)9-4-12-5-9/h1-3,6,8-9,12H,4-5,7H2. The van der Waals surface area contributed by atoms with Crippen LogP contribution in [-0.4, -0.2) is 22.6 Å². The number of nitrogens with one attached hydrogen (secondary N) is 1. The van der Waals surface area contributed by atoms with Crippen LogP contribution in [0.4, 0.5) is 0 Å². The molecule has 0 unspecified atom stereocenters. The summed E-state index contributed by atoms with van der Waals surface area (Å²) in [6.45, 7) is 3.15. The lowest BCUT2D eigenvalue weighted by atomic mass is 10.00. The van der Waals surface area contributed by atoms with Gasteiger partial charge in [0.2, 0.25) is 0 Å². The van der Waals surface area contributed by atoms with Crippen LogP contribution in [0.25, 0.3) is 0 Å². The highest BCUT2D eigenvalue weighted by Crippen LogP contribution is 2.21. The Hall–Kier alpha value is -1.13. The van der Waals surface area contributed by atoms with Crippen molar-refractivity contribution in [3.63, 3.8) is 0 Å². The van der Waals surface area contributed by atoms with Crippen molar-refractivity contribution in [1.29, 1.82) is 0 Å². The van der Waals surface area contributed by atoms with E-state index in [2.05, 4.69) is 32.4 Å². The quantitative estimate of drug-likeness (QED) is 0.851. The minimum Gasteiger partial charge on any atom is -0.329 e. The predicted octanol–water partition coefficient (Wildman–Crippen LogP) is 1.68. The number of thiophene rings is 1. The smallest absolute Gasteiger partial charge is 0.0951 e. The maximum atomic E-state index is 4.25. The summed E-state index contributed by atoms with van der Waals surface area (Å²) < 4.78 is 2.26. The lowest BCUT2D eigenvalue weighted by Gasteiger charge is -2.27.